The quantitative estimate of drug-likeness (QED) is 0.0367. The predicted molar refractivity (Wildman–Crippen MR) is 304 cm³/mol. The highest BCUT2D eigenvalue weighted by Gasteiger charge is 2.44. The van der Waals surface area contributed by atoms with E-state index in [-0.39, 0.29) is 108 Å². The third-order valence-corrected chi connectivity index (χ3v) is 18.3. The Hall–Kier alpha value is -7.02. The molecule has 4 aromatic carbocycles. The molecule has 4 aliphatic rings. The van der Waals surface area contributed by atoms with Crippen molar-refractivity contribution in [2.45, 2.75) is 127 Å². The molecule has 6 heterocycles. The number of rotatable bonds is 20. The number of nitrogens with zero attached hydrogens (tertiary/aromatic N) is 7. The highest BCUT2D eigenvalue weighted by atomic mass is 31.2. The fraction of sp³-hybridized carbons (Fsp3) is 0.500. The minimum absolute atomic E-state index is 0.0177. The van der Waals surface area contributed by atoms with Gasteiger partial charge in [-0.3, -0.25) is 23.7 Å². The molecule has 20 nitrogen and oxygen atoms in total. The van der Waals surface area contributed by atoms with Crippen LogP contribution in [-0.4, -0.2) is 130 Å². The number of fused-ring (bicyclic) bond motifs is 2. The van der Waals surface area contributed by atoms with Crippen molar-refractivity contribution in [3.63, 3.8) is 0 Å². The van der Waals surface area contributed by atoms with Crippen LogP contribution in [0.5, 0.6) is 0 Å². The summed E-state index contributed by atoms with van der Waals surface area (Å²) in [5, 5.41) is 0. The van der Waals surface area contributed by atoms with Crippen LogP contribution in [0.1, 0.15) is 136 Å². The molecule has 0 bridgehead atoms. The number of hydrogen-bond acceptors (Lipinski definition) is 14. The standard InChI is InChI=1S/C60H70F5N8O12P/c1-32(81-3)38(27-54(74)83-5)59(76)70-19-7-9-51(70)57-66-46-25-40(42(62)29-47(46)67-57)49-15-16-50(73(49)37-23-44(64)56(45(65)24-37)69-21-17-35(18-22-69)34-11-13-36(61)14-12-34)41-26-48-53(30-43(41)63)72(31-85-86(78,79)80)58(68-48)52-10-8-20-71(52)60(77)39(33(2)82-4)28-55(75)84-6/h11-14,23-26,29-30,32-33,35,38-39,49-52H,7-10,15-22,27-28,31H2,1-6H3,(H,66,67)(H2,78,79,80)/t32-,33-,38+,39+,49-,50-,51+,52+/m1/s1. The van der Waals surface area contributed by atoms with E-state index in [9.17, 15) is 37.9 Å². The van der Waals surface area contributed by atoms with Crippen LogP contribution in [-0.2, 0) is 53.9 Å². The lowest BCUT2D eigenvalue weighted by Crippen LogP contribution is -2.42. The molecule has 2 amide bonds. The van der Waals surface area contributed by atoms with Crippen molar-refractivity contribution >= 4 is 65.0 Å². The van der Waals surface area contributed by atoms with Gasteiger partial charge in [0, 0.05) is 69.3 Å². The molecule has 86 heavy (non-hydrogen) atoms. The highest BCUT2D eigenvalue weighted by molar-refractivity contribution is 7.46. The maximum atomic E-state index is 17.5. The molecule has 4 aliphatic heterocycles. The topological polar surface area (TPSA) is 231 Å². The molecule has 26 heteroatoms. The number of phosphoric acid groups is 1. The van der Waals surface area contributed by atoms with Crippen LogP contribution in [0.2, 0.25) is 0 Å². The molecular weight excluding hydrogens is 1150 g/mol. The number of piperidine rings is 1. The van der Waals surface area contributed by atoms with Crippen LogP contribution >= 0.6 is 7.82 Å². The van der Waals surface area contributed by atoms with Crippen LogP contribution in [0.15, 0.2) is 60.7 Å². The third-order valence-electron chi connectivity index (χ3n) is 17.9. The van der Waals surface area contributed by atoms with Gasteiger partial charge in [-0.1, -0.05) is 12.1 Å². The van der Waals surface area contributed by atoms with Gasteiger partial charge in [0.25, 0.3) is 0 Å². The summed E-state index contributed by atoms with van der Waals surface area (Å²) >= 11 is 0. The Morgan fingerprint density at radius 1 is 0.651 bits per heavy atom. The molecule has 4 fully saturated rings. The van der Waals surface area contributed by atoms with E-state index < -0.39 is 104 Å². The van der Waals surface area contributed by atoms with Crippen LogP contribution in [0.3, 0.4) is 0 Å². The SMILES string of the molecule is COC(=O)C[C@H](C(=O)N1CCC[C@H]1c1nc2cc(F)c([C@H]3CC[C@H](c4cc5nc([C@@H]6CCCN6C(=O)[C@@H](CC(=O)OC)[C@@H](C)OC)n(COP(=O)(O)O)c5cc4F)N3c3cc(F)c(N4CCC(c5ccc(F)cc5)CC4)c(F)c3)cc2[nH]1)[C@@H](C)OC. The zero-order valence-electron chi connectivity index (χ0n) is 48.5. The van der Waals surface area contributed by atoms with E-state index in [1.807, 2.05) is 0 Å². The number of carbonyl (C=O) groups excluding carboxylic acids is 4. The first-order valence-corrected chi connectivity index (χ1v) is 30.3. The van der Waals surface area contributed by atoms with Crippen LogP contribution in [0, 0.1) is 40.9 Å². The minimum atomic E-state index is -5.17. The summed E-state index contributed by atoms with van der Waals surface area (Å²) in [4.78, 5) is 92.6. The van der Waals surface area contributed by atoms with Gasteiger partial charge in [-0.15, -0.1) is 0 Å². The average Bonchev–Trinajstić information content (AvgIpc) is 1.72. The van der Waals surface area contributed by atoms with Gasteiger partial charge in [-0.05, 0) is 113 Å². The molecule has 8 atom stereocenters. The number of imidazole rings is 2. The molecular formula is C60H70F5N8O12P. The first kappa shape index (κ1) is 62.0. The number of benzene rings is 4. The second-order valence-corrected chi connectivity index (χ2v) is 23.9. The zero-order chi connectivity index (χ0) is 61.5. The number of methoxy groups -OCH3 is 4. The summed E-state index contributed by atoms with van der Waals surface area (Å²) in [6, 6.07) is 10.3. The highest BCUT2D eigenvalue weighted by Crippen LogP contribution is 2.51. The van der Waals surface area contributed by atoms with Crippen molar-refractivity contribution in [1.29, 1.82) is 0 Å². The molecule has 2 aromatic heterocycles. The molecule has 10 rings (SSSR count). The normalized spacial score (nSPS) is 20.9. The number of amides is 2. The Kier molecular flexibility index (Phi) is 18.6. The Morgan fingerprint density at radius 2 is 1.20 bits per heavy atom. The molecule has 3 N–H and O–H groups in total. The van der Waals surface area contributed by atoms with Gasteiger partial charge < -0.3 is 57.9 Å². The van der Waals surface area contributed by atoms with E-state index in [0.29, 0.717) is 56.4 Å². The summed E-state index contributed by atoms with van der Waals surface area (Å²) in [5.74, 6) is -7.24. The van der Waals surface area contributed by atoms with E-state index in [1.165, 1.54) is 62.2 Å². The molecule has 0 saturated carbocycles. The number of ether oxygens (including phenoxy) is 4. The van der Waals surface area contributed by atoms with E-state index in [2.05, 4.69) is 4.98 Å². The van der Waals surface area contributed by atoms with Gasteiger partial charge in [0.15, 0.2) is 11.6 Å². The summed E-state index contributed by atoms with van der Waals surface area (Å²) in [5.41, 5.74) is 1.39. The van der Waals surface area contributed by atoms with Crippen molar-refractivity contribution < 1.29 is 79.0 Å². The Morgan fingerprint density at radius 3 is 1.76 bits per heavy atom. The molecule has 6 aromatic rings. The maximum Gasteiger partial charge on any atom is 0.471 e. The van der Waals surface area contributed by atoms with Gasteiger partial charge in [-0.25, -0.2) is 36.5 Å². The average molecular weight is 1220 g/mol. The number of halogens is 5. The lowest BCUT2D eigenvalue weighted by molar-refractivity contribution is -0.151. The predicted octanol–water partition coefficient (Wildman–Crippen LogP) is 9.90. The number of aromatic nitrogens is 4. The van der Waals surface area contributed by atoms with Crippen LogP contribution < -0.4 is 9.80 Å². The summed E-state index contributed by atoms with van der Waals surface area (Å²) in [6.07, 6.45) is 1.24. The number of H-pyrrole nitrogens is 1. The minimum Gasteiger partial charge on any atom is -0.469 e. The number of aromatic amines is 1. The number of hydrogen-bond donors (Lipinski definition) is 3. The van der Waals surface area contributed by atoms with Gasteiger partial charge in [0.2, 0.25) is 11.8 Å². The Balaban J connectivity index is 1.04. The van der Waals surface area contributed by atoms with Crippen molar-refractivity contribution in [2.24, 2.45) is 11.8 Å². The number of nitrogens with one attached hydrogen (secondary N) is 1. The van der Waals surface area contributed by atoms with Gasteiger partial charge in [0.1, 0.15) is 41.5 Å². The Labute approximate surface area is 493 Å². The smallest absolute Gasteiger partial charge is 0.469 e. The molecule has 462 valence electrons. The third kappa shape index (κ3) is 12.6. The first-order valence-electron chi connectivity index (χ1n) is 28.8. The second-order valence-electron chi connectivity index (χ2n) is 22.6. The molecule has 4 saturated heterocycles. The largest absolute Gasteiger partial charge is 0.471 e. The number of phosphoric ester groups is 1. The second kappa shape index (κ2) is 25.7. The summed E-state index contributed by atoms with van der Waals surface area (Å²) in [7, 11) is 0.100. The zero-order valence-corrected chi connectivity index (χ0v) is 49.4. The first-order chi connectivity index (χ1) is 41.1. The van der Waals surface area contributed by atoms with Gasteiger partial charge in [-0.2, -0.15) is 0 Å². The number of carbonyl (C=O) groups is 4. The fourth-order valence-electron chi connectivity index (χ4n) is 13.2. The van der Waals surface area contributed by atoms with Gasteiger partial charge in [0.05, 0.1) is 97.3 Å². The van der Waals surface area contributed by atoms with E-state index in [0.717, 1.165) is 23.8 Å². The molecule has 0 aliphatic carbocycles. The number of likely N-dealkylation sites (tertiary alicyclic amines) is 2. The van der Waals surface area contributed by atoms with Crippen molar-refractivity contribution in [3.05, 3.63) is 118 Å². The van der Waals surface area contributed by atoms with Crippen molar-refractivity contribution in [3.8, 4) is 0 Å². The fourth-order valence-corrected chi connectivity index (χ4v) is 13.5. The van der Waals surface area contributed by atoms with E-state index in [4.69, 9.17) is 33.4 Å². The van der Waals surface area contributed by atoms with E-state index in [1.54, 1.807) is 46.7 Å². The maximum absolute atomic E-state index is 17.5. The Bertz CT molecular complexity index is 3540. The van der Waals surface area contributed by atoms with Crippen LogP contribution in [0.4, 0.5) is 33.3 Å². The summed E-state index contributed by atoms with van der Waals surface area (Å²) in [6.45, 7) is 3.61. The van der Waals surface area contributed by atoms with Crippen LogP contribution in [0.25, 0.3) is 22.1 Å². The monoisotopic (exact) mass is 1220 g/mol. The molecule has 0 unspecified atom stereocenters. The number of anilines is 2. The lowest BCUT2D eigenvalue weighted by Gasteiger charge is -2.36. The van der Waals surface area contributed by atoms with Gasteiger partial charge >= 0.3 is 19.8 Å². The van der Waals surface area contributed by atoms with E-state index >= 15 is 17.6 Å². The van der Waals surface area contributed by atoms with Crippen molar-refractivity contribution in [2.75, 3.05) is 64.4 Å². The van der Waals surface area contributed by atoms with Crippen molar-refractivity contribution in [1.82, 2.24) is 29.3 Å². The number of esters is 2. The lowest BCUT2D eigenvalue weighted by atomic mass is 9.89. The molecule has 0 spiro atoms. The summed E-state index contributed by atoms with van der Waals surface area (Å²) < 4.78 is 122. The molecule has 0 radical (unpaired) electrons.